The van der Waals surface area contributed by atoms with Crippen LogP contribution in [-0.4, -0.2) is 28.6 Å². The van der Waals surface area contributed by atoms with Crippen LogP contribution in [-0.2, 0) is 4.74 Å². The molecule has 2 N–H and O–H groups in total. The predicted molar refractivity (Wildman–Crippen MR) is 86.3 cm³/mol. The fourth-order valence-electron chi connectivity index (χ4n) is 1.87. The van der Waals surface area contributed by atoms with Gasteiger partial charge in [0.15, 0.2) is 0 Å². The van der Waals surface area contributed by atoms with Crippen LogP contribution in [0.2, 0.25) is 0 Å². The summed E-state index contributed by atoms with van der Waals surface area (Å²) in [5.41, 5.74) is -0.0411. The van der Waals surface area contributed by atoms with E-state index in [9.17, 15) is 9.59 Å². The molecule has 0 fully saturated rings. The molecule has 0 atom stereocenters. The van der Waals surface area contributed by atoms with Gasteiger partial charge in [0.2, 0.25) is 5.95 Å². The quantitative estimate of drug-likeness (QED) is 0.795. The number of H-pyrrole nitrogens is 1. The number of benzene rings is 1. The molecule has 0 saturated carbocycles. The number of aromatic amines is 1. The molecule has 0 saturated heterocycles. The van der Waals surface area contributed by atoms with Gasteiger partial charge in [-0.15, -0.1) is 0 Å². The van der Waals surface area contributed by atoms with Gasteiger partial charge in [-0.05, 0) is 32.9 Å². The number of hydrogen-bond acceptors (Lipinski definition) is 6. The number of aromatic nitrogens is 2. The number of esters is 1. The third kappa shape index (κ3) is 4.32. The topological polar surface area (TPSA) is 93.3 Å². The van der Waals surface area contributed by atoms with E-state index >= 15 is 0 Å². The minimum Gasteiger partial charge on any atom is -0.489 e. The van der Waals surface area contributed by atoms with Crippen molar-refractivity contribution in [3.05, 3.63) is 46.4 Å². The molecule has 0 unspecified atom stereocenters. The Labute approximate surface area is 133 Å². The molecule has 7 heteroatoms. The molecule has 23 heavy (non-hydrogen) atoms. The summed E-state index contributed by atoms with van der Waals surface area (Å²) in [7, 11) is 0. The lowest BCUT2D eigenvalue weighted by atomic mass is 10.3. The number of rotatable bonds is 6. The van der Waals surface area contributed by atoms with Crippen LogP contribution in [0.3, 0.4) is 0 Å². The highest BCUT2D eigenvalue weighted by molar-refractivity contribution is 5.88. The molecule has 7 nitrogen and oxygen atoms in total. The van der Waals surface area contributed by atoms with Crippen LogP contribution in [0.15, 0.2) is 35.3 Å². The maximum Gasteiger partial charge on any atom is 0.345 e. The monoisotopic (exact) mass is 317 g/mol. The Hall–Kier alpha value is -2.83. The van der Waals surface area contributed by atoms with Crippen molar-refractivity contribution in [1.82, 2.24) is 9.97 Å². The third-order valence-electron chi connectivity index (χ3n) is 2.80. The van der Waals surface area contributed by atoms with Gasteiger partial charge >= 0.3 is 5.97 Å². The zero-order chi connectivity index (χ0) is 16.8. The summed E-state index contributed by atoms with van der Waals surface area (Å²) in [6, 6.07) is 7.30. The second kappa shape index (κ2) is 7.44. The molecule has 0 bridgehead atoms. The highest BCUT2D eigenvalue weighted by Gasteiger charge is 2.13. The van der Waals surface area contributed by atoms with E-state index in [1.165, 1.54) is 6.20 Å². The minimum atomic E-state index is -0.698. The molecule has 0 amide bonds. The van der Waals surface area contributed by atoms with Gasteiger partial charge in [0, 0.05) is 0 Å². The lowest BCUT2D eigenvalue weighted by Gasteiger charge is -2.14. The predicted octanol–water partition coefficient (Wildman–Crippen LogP) is 2.48. The fourth-order valence-corrected chi connectivity index (χ4v) is 1.87. The van der Waals surface area contributed by atoms with E-state index in [-0.39, 0.29) is 24.2 Å². The molecule has 122 valence electrons. The Morgan fingerprint density at radius 2 is 2.09 bits per heavy atom. The third-order valence-corrected chi connectivity index (χ3v) is 2.80. The number of nitrogens with zero attached hydrogens (tertiary/aromatic N) is 1. The molecule has 0 aliphatic heterocycles. The average molecular weight is 317 g/mol. The number of ether oxygens (including phenoxy) is 2. The molecule has 0 spiro atoms. The number of carbonyl (C=O) groups is 1. The van der Waals surface area contributed by atoms with E-state index in [0.29, 0.717) is 11.4 Å². The van der Waals surface area contributed by atoms with Gasteiger partial charge in [0.25, 0.3) is 5.56 Å². The summed E-state index contributed by atoms with van der Waals surface area (Å²) in [5, 5.41) is 2.97. The standard InChI is InChI=1S/C16H19N3O4/c1-4-22-15(21)11-9-17-16(19-14(11)20)18-12-7-5-6-8-13(12)23-10(2)3/h5-10H,4H2,1-3H3,(H2,17,18,19,20). The van der Waals surface area contributed by atoms with Crippen LogP contribution >= 0.6 is 0 Å². The first-order chi connectivity index (χ1) is 11.0. The van der Waals surface area contributed by atoms with Gasteiger partial charge in [-0.3, -0.25) is 9.78 Å². The van der Waals surface area contributed by atoms with Crippen LogP contribution < -0.4 is 15.6 Å². The zero-order valence-electron chi connectivity index (χ0n) is 13.3. The minimum absolute atomic E-state index is 0.0103. The van der Waals surface area contributed by atoms with Crippen LogP contribution in [0, 0.1) is 0 Å². The van der Waals surface area contributed by atoms with Crippen molar-refractivity contribution in [2.24, 2.45) is 0 Å². The fraction of sp³-hybridized carbons (Fsp3) is 0.312. The van der Waals surface area contributed by atoms with Crippen molar-refractivity contribution in [1.29, 1.82) is 0 Å². The lowest BCUT2D eigenvalue weighted by molar-refractivity contribution is 0.0524. The van der Waals surface area contributed by atoms with E-state index in [1.54, 1.807) is 13.0 Å². The van der Waals surface area contributed by atoms with Gasteiger partial charge in [0.05, 0.1) is 24.6 Å². The van der Waals surface area contributed by atoms with Gasteiger partial charge < -0.3 is 14.8 Å². The molecule has 2 rings (SSSR count). The second-order valence-corrected chi connectivity index (χ2v) is 4.98. The molecule has 0 aliphatic carbocycles. The van der Waals surface area contributed by atoms with E-state index < -0.39 is 11.5 Å². The normalized spacial score (nSPS) is 10.4. The Kier molecular flexibility index (Phi) is 5.35. The van der Waals surface area contributed by atoms with Crippen LogP contribution in [0.4, 0.5) is 11.6 Å². The summed E-state index contributed by atoms with van der Waals surface area (Å²) < 4.78 is 10.5. The van der Waals surface area contributed by atoms with Crippen molar-refractivity contribution >= 4 is 17.6 Å². The van der Waals surface area contributed by atoms with E-state index in [1.807, 2.05) is 32.0 Å². The Bertz CT molecular complexity index is 740. The van der Waals surface area contributed by atoms with Crippen LogP contribution in [0.1, 0.15) is 31.1 Å². The maximum atomic E-state index is 11.9. The zero-order valence-corrected chi connectivity index (χ0v) is 13.3. The number of nitrogens with one attached hydrogen (secondary N) is 2. The van der Waals surface area contributed by atoms with E-state index in [2.05, 4.69) is 15.3 Å². The summed E-state index contributed by atoms with van der Waals surface area (Å²) in [6.45, 7) is 5.70. The van der Waals surface area contributed by atoms with Gasteiger partial charge in [-0.2, -0.15) is 0 Å². The smallest absolute Gasteiger partial charge is 0.345 e. The first kappa shape index (κ1) is 16.5. The van der Waals surface area contributed by atoms with Crippen molar-refractivity contribution in [3.63, 3.8) is 0 Å². The molecule has 1 heterocycles. The first-order valence-electron chi connectivity index (χ1n) is 7.30. The highest BCUT2D eigenvalue weighted by atomic mass is 16.5. The largest absolute Gasteiger partial charge is 0.489 e. The van der Waals surface area contributed by atoms with Crippen molar-refractivity contribution < 1.29 is 14.3 Å². The second-order valence-electron chi connectivity index (χ2n) is 4.98. The highest BCUT2D eigenvalue weighted by Crippen LogP contribution is 2.26. The first-order valence-corrected chi connectivity index (χ1v) is 7.30. The van der Waals surface area contributed by atoms with E-state index in [0.717, 1.165) is 0 Å². The van der Waals surface area contributed by atoms with Crippen LogP contribution in [0.25, 0.3) is 0 Å². The number of hydrogen-bond donors (Lipinski definition) is 2. The van der Waals surface area contributed by atoms with Crippen molar-refractivity contribution in [2.45, 2.75) is 26.9 Å². The van der Waals surface area contributed by atoms with Gasteiger partial charge in [-0.25, -0.2) is 9.78 Å². The van der Waals surface area contributed by atoms with Crippen molar-refractivity contribution in [2.75, 3.05) is 11.9 Å². The Morgan fingerprint density at radius 1 is 1.35 bits per heavy atom. The Morgan fingerprint density at radius 3 is 2.74 bits per heavy atom. The van der Waals surface area contributed by atoms with Gasteiger partial charge in [0.1, 0.15) is 11.3 Å². The van der Waals surface area contributed by atoms with Gasteiger partial charge in [-0.1, -0.05) is 12.1 Å². The number of anilines is 2. The molecular weight excluding hydrogens is 298 g/mol. The Balaban J connectivity index is 2.23. The summed E-state index contributed by atoms with van der Waals surface area (Å²) in [5.74, 6) is 0.152. The van der Waals surface area contributed by atoms with Crippen LogP contribution in [0.5, 0.6) is 5.75 Å². The molecular formula is C16H19N3O4. The molecule has 2 aromatic rings. The summed E-state index contributed by atoms with van der Waals surface area (Å²) in [6.07, 6.45) is 1.20. The lowest BCUT2D eigenvalue weighted by Crippen LogP contribution is -2.21. The SMILES string of the molecule is CCOC(=O)c1cnc(Nc2ccccc2OC(C)C)[nH]c1=O. The molecule has 1 aromatic heterocycles. The average Bonchev–Trinajstić information content (AvgIpc) is 2.49. The summed E-state index contributed by atoms with van der Waals surface area (Å²) >= 11 is 0. The number of para-hydroxylation sites is 2. The molecule has 0 aliphatic rings. The van der Waals surface area contributed by atoms with Crippen molar-refractivity contribution in [3.8, 4) is 5.75 Å². The van der Waals surface area contributed by atoms with E-state index in [4.69, 9.17) is 9.47 Å². The molecule has 1 aromatic carbocycles. The molecule has 0 radical (unpaired) electrons. The summed E-state index contributed by atoms with van der Waals surface area (Å²) in [4.78, 5) is 30.1. The number of carbonyl (C=O) groups excluding carboxylic acids is 1. The maximum absolute atomic E-state index is 11.9.